The van der Waals surface area contributed by atoms with E-state index < -0.39 is 23.4 Å². The molecular formula is C17H13F3N2O2. The van der Waals surface area contributed by atoms with Crippen molar-refractivity contribution >= 4 is 23.6 Å². The minimum atomic E-state index is -1.08. The quantitative estimate of drug-likeness (QED) is 0.826. The number of carbonyl (C=O) groups excluding carboxylic acids is 2. The zero-order valence-corrected chi connectivity index (χ0v) is 12.4. The molecule has 124 valence electrons. The van der Waals surface area contributed by atoms with Crippen molar-refractivity contribution in [2.75, 3.05) is 11.9 Å². The highest BCUT2D eigenvalue weighted by Crippen LogP contribution is 2.12. The van der Waals surface area contributed by atoms with E-state index in [1.165, 1.54) is 42.5 Å². The summed E-state index contributed by atoms with van der Waals surface area (Å²) < 4.78 is 38.5. The number of carbonyl (C=O) groups is 2. The van der Waals surface area contributed by atoms with Crippen LogP contribution >= 0.6 is 0 Å². The van der Waals surface area contributed by atoms with Crippen molar-refractivity contribution in [2.45, 2.75) is 0 Å². The highest BCUT2D eigenvalue weighted by molar-refractivity contribution is 5.97. The van der Waals surface area contributed by atoms with Crippen LogP contribution in [0.4, 0.5) is 18.9 Å². The largest absolute Gasteiger partial charge is 0.343 e. The molecule has 2 N–H and O–H groups in total. The summed E-state index contributed by atoms with van der Waals surface area (Å²) in [6, 6.07) is 8.43. The number of amides is 2. The molecule has 7 heteroatoms. The lowest BCUT2D eigenvalue weighted by Gasteiger charge is -2.06. The molecule has 0 aliphatic carbocycles. The first-order valence-electron chi connectivity index (χ1n) is 6.90. The highest BCUT2D eigenvalue weighted by Gasteiger charge is 2.07. The van der Waals surface area contributed by atoms with Gasteiger partial charge < -0.3 is 10.6 Å². The Bertz CT molecular complexity index is 774. The Morgan fingerprint density at radius 3 is 2.33 bits per heavy atom. The van der Waals surface area contributed by atoms with Gasteiger partial charge in [0.1, 0.15) is 5.82 Å². The molecule has 0 unspecified atom stereocenters. The van der Waals surface area contributed by atoms with Gasteiger partial charge in [-0.1, -0.05) is 12.1 Å². The molecule has 0 spiro atoms. The average molecular weight is 334 g/mol. The minimum Gasteiger partial charge on any atom is -0.343 e. The van der Waals surface area contributed by atoms with Gasteiger partial charge >= 0.3 is 0 Å². The second kappa shape index (κ2) is 7.96. The zero-order chi connectivity index (χ0) is 17.5. The topological polar surface area (TPSA) is 58.2 Å². The molecule has 0 aliphatic rings. The number of hydrogen-bond acceptors (Lipinski definition) is 2. The van der Waals surface area contributed by atoms with Gasteiger partial charge in [-0.3, -0.25) is 9.59 Å². The van der Waals surface area contributed by atoms with Gasteiger partial charge in [-0.2, -0.15) is 0 Å². The maximum Gasteiger partial charge on any atom is 0.244 e. The first-order valence-corrected chi connectivity index (χ1v) is 6.90. The Kier molecular flexibility index (Phi) is 5.73. The fourth-order valence-corrected chi connectivity index (χ4v) is 1.75. The smallest absolute Gasteiger partial charge is 0.244 e. The molecule has 0 bridgehead atoms. The molecule has 2 aromatic carbocycles. The van der Waals surface area contributed by atoms with Gasteiger partial charge in [0.2, 0.25) is 11.8 Å². The van der Waals surface area contributed by atoms with E-state index in [4.69, 9.17) is 0 Å². The third-order valence-electron chi connectivity index (χ3n) is 2.92. The molecule has 0 fully saturated rings. The molecule has 0 aliphatic heterocycles. The maximum absolute atomic E-state index is 13.0. The molecular weight excluding hydrogens is 321 g/mol. The summed E-state index contributed by atoms with van der Waals surface area (Å²) in [6.07, 6.45) is 2.65. The lowest BCUT2D eigenvalue weighted by molar-refractivity contribution is -0.121. The number of nitrogens with one attached hydrogen (secondary N) is 2. The zero-order valence-electron chi connectivity index (χ0n) is 12.4. The van der Waals surface area contributed by atoms with Gasteiger partial charge in [-0.05, 0) is 35.9 Å². The summed E-state index contributed by atoms with van der Waals surface area (Å²) in [5.41, 5.74) is 0.702. The fourth-order valence-electron chi connectivity index (χ4n) is 1.75. The van der Waals surface area contributed by atoms with E-state index in [2.05, 4.69) is 10.6 Å². The Morgan fingerprint density at radius 1 is 0.958 bits per heavy atom. The monoisotopic (exact) mass is 334 g/mol. The SMILES string of the molecule is O=C(/C=C/c1ccc(F)cc1)NCC(=O)Nc1ccc(F)c(F)c1. The van der Waals surface area contributed by atoms with Crippen LogP contribution in [0.2, 0.25) is 0 Å². The van der Waals surface area contributed by atoms with Crippen LogP contribution in [0.15, 0.2) is 48.5 Å². The van der Waals surface area contributed by atoms with E-state index in [-0.39, 0.29) is 18.0 Å². The van der Waals surface area contributed by atoms with Gasteiger partial charge in [0, 0.05) is 17.8 Å². The van der Waals surface area contributed by atoms with Crippen LogP contribution in [0.5, 0.6) is 0 Å². The predicted octanol–water partition coefficient (Wildman–Crippen LogP) is 2.87. The van der Waals surface area contributed by atoms with Gasteiger partial charge in [-0.25, -0.2) is 13.2 Å². The van der Waals surface area contributed by atoms with Crippen molar-refractivity contribution in [3.8, 4) is 0 Å². The molecule has 2 rings (SSSR count). The van der Waals surface area contributed by atoms with Crippen molar-refractivity contribution in [3.05, 3.63) is 71.6 Å². The van der Waals surface area contributed by atoms with E-state index in [1.807, 2.05) is 0 Å². The third kappa shape index (κ3) is 5.28. The summed E-state index contributed by atoms with van der Waals surface area (Å²) in [4.78, 5) is 23.2. The number of halogens is 3. The normalized spacial score (nSPS) is 10.6. The molecule has 0 heterocycles. The van der Waals surface area contributed by atoms with E-state index >= 15 is 0 Å². The fraction of sp³-hybridized carbons (Fsp3) is 0.0588. The van der Waals surface area contributed by atoms with Crippen molar-refractivity contribution in [3.63, 3.8) is 0 Å². The van der Waals surface area contributed by atoms with Crippen LogP contribution in [0, 0.1) is 17.5 Å². The van der Waals surface area contributed by atoms with Crippen LogP contribution in [-0.2, 0) is 9.59 Å². The Hall–Kier alpha value is -3.09. The van der Waals surface area contributed by atoms with Gasteiger partial charge in [0.15, 0.2) is 11.6 Å². The maximum atomic E-state index is 13.0. The first kappa shape index (κ1) is 17.3. The number of hydrogen-bond donors (Lipinski definition) is 2. The molecule has 4 nitrogen and oxygen atoms in total. The van der Waals surface area contributed by atoms with Crippen molar-refractivity contribution in [2.24, 2.45) is 0 Å². The van der Waals surface area contributed by atoms with Crippen LogP contribution in [0.3, 0.4) is 0 Å². The Balaban J connectivity index is 1.81. The minimum absolute atomic E-state index is 0.0787. The highest BCUT2D eigenvalue weighted by atomic mass is 19.2. The number of benzene rings is 2. The lowest BCUT2D eigenvalue weighted by atomic mass is 10.2. The molecule has 0 saturated heterocycles. The Labute approximate surface area is 136 Å². The third-order valence-corrected chi connectivity index (χ3v) is 2.92. The molecule has 24 heavy (non-hydrogen) atoms. The molecule has 2 amide bonds. The predicted molar refractivity (Wildman–Crippen MR) is 83.4 cm³/mol. The van der Waals surface area contributed by atoms with Crippen molar-refractivity contribution < 1.29 is 22.8 Å². The van der Waals surface area contributed by atoms with Crippen molar-refractivity contribution in [1.82, 2.24) is 5.32 Å². The summed E-state index contributed by atoms with van der Waals surface area (Å²) in [7, 11) is 0. The number of rotatable bonds is 5. The van der Waals surface area contributed by atoms with E-state index in [9.17, 15) is 22.8 Å². The lowest BCUT2D eigenvalue weighted by Crippen LogP contribution is -2.31. The van der Waals surface area contributed by atoms with Crippen LogP contribution < -0.4 is 10.6 Å². The van der Waals surface area contributed by atoms with Crippen LogP contribution in [-0.4, -0.2) is 18.4 Å². The summed E-state index contributed by atoms with van der Waals surface area (Å²) >= 11 is 0. The molecule has 0 saturated carbocycles. The van der Waals surface area contributed by atoms with E-state index in [0.717, 1.165) is 12.1 Å². The van der Waals surface area contributed by atoms with Crippen LogP contribution in [0.1, 0.15) is 5.56 Å². The van der Waals surface area contributed by atoms with Gasteiger partial charge in [-0.15, -0.1) is 0 Å². The average Bonchev–Trinajstić information content (AvgIpc) is 2.56. The first-order chi connectivity index (χ1) is 11.4. The molecule has 0 atom stereocenters. The van der Waals surface area contributed by atoms with Gasteiger partial charge in [0.05, 0.1) is 6.54 Å². The summed E-state index contributed by atoms with van der Waals surface area (Å²) in [6.45, 7) is -0.342. The standard InChI is InChI=1S/C17H13F3N2O2/c18-12-4-1-11(2-5-12)3-8-16(23)21-10-17(24)22-13-6-7-14(19)15(20)9-13/h1-9H,10H2,(H,21,23)(H,22,24)/b8-3+. The summed E-state index contributed by atoms with van der Waals surface area (Å²) in [5, 5.41) is 4.65. The van der Waals surface area contributed by atoms with Crippen molar-refractivity contribution in [1.29, 1.82) is 0 Å². The molecule has 2 aromatic rings. The second-order valence-electron chi connectivity index (χ2n) is 4.78. The van der Waals surface area contributed by atoms with Gasteiger partial charge in [0.25, 0.3) is 0 Å². The second-order valence-corrected chi connectivity index (χ2v) is 4.78. The Morgan fingerprint density at radius 2 is 1.67 bits per heavy atom. The molecule has 0 aromatic heterocycles. The van der Waals surface area contributed by atoms with E-state index in [1.54, 1.807) is 0 Å². The van der Waals surface area contributed by atoms with Crippen LogP contribution in [0.25, 0.3) is 6.08 Å². The van der Waals surface area contributed by atoms with E-state index in [0.29, 0.717) is 5.56 Å². The summed E-state index contributed by atoms with van der Waals surface area (Å²) in [5.74, 6) is -3.61. The number of anilines is 1. The molecule has 0 radical (unpaired) electrons.